The zero-order chi connectivity index (χ0) is 20.6. The molecule has 154 valence electrons. The average molecular weight is 434 g/mol. The van der Waals surface area contributed by atoms with Crippen LogP contribution >= 0.6 is 23.4 Å². The largest absolute Gasteiger partial charge is 0.497 e. The van der Waals surface area contributed by atoms with Crippen LogP contribution in [0.15, 0.2) is 53.7 Å². The fourth-order valence-corrected chi connectivity index (χ4v) is 3.71. The van der Waals surface area contributed by atoms with E-state index in [1.54, 1.807) is 18.9 Å². The van der Waals surface area contributed by atoms with Gasteiger partial charge in [0, 0.05) is 23.4 Å². The first-order valence-corrected chi connectivity index (χ1v) is 10.7. The molecule has 8 heteroatoms. The minimum atomic E-state index is -0.241. The summed E-state index contributed by atoms with van der Waals surface area (Å²) in [4.78, 5) is 0. The van der Waals surface area contributed by atoms with E-state index in [0.29, 0.717) is 11.6 Å². The van der Waals surface area contributed by atoms with Crippen molar-refractivity contribution in [2.45, 2.75) is 31.7 Å². The molecule has 0 aliphatic rings. The number of hydrogen-bond acceptors (Lipinski definition) is 6. The van der Waals surface area contributed by atoms with Crippen LogP contribution in [0, 0.1) is 0 Å². The van der Waals surface area contributed by atoms with Crippen molar-refractivity contribution in [1.82, 2.24) is 14.8 Å². The lowest BCUT2D eigenvalue weighted by Gasteiger charge is -2.16. The van der Waals surface area contributed by atoms with Crippen LogP contribution in [0.25, 0.3) is 0 Å². The standard InChI is InChI=1S/C21H24ClN3O3S/c1-4-25-20(15(2)28-19-7-5-6-18(14-19)26-3)23-24-21(25)29-13-12-27-17-10-8-16(22)9-11-17/h5-11,14-15H,4,12-13H2,1-3H3. The van der Waals surface area contributed by atoms with Crippen molar-refractivity contribution in [3.05, 3.63) is 59.4 Å². The first kappa shape index (κ1) is 21.3. The van der Waals surface area contributed by atoms with Crippen molar-refractivity contribution in [2.75, 3.05) is 19.5 Å². The molecule has 29 heavy (non-hydrogen) atoms. The molecule has 0 saturated carbocycles. The van der Waals surface area contributed by atoms with Gasteiger partial charge in [-0.25, -0.2) is 0 Å². The topological polar surface area (TPSA) is 58.4 Å². The third-order valence-electron chi connectivity index (χ3n) is 4.18. The van der Waals surface area contributed by atoms with Crippen molar-refractivity contribution >= 4 is 23.4 Å². The Balaban J connectivity index is 1.57. The van der Waals surface area contributed by atoms with Gasteiger partial charge >= 0.3 is 0 Å². The molecule has 1 atom stereocenters. The number of methoxy groups -OCH3 is 1. The van der Waals surface area contributed by atoms with Crippen molar-refractivity contribution < 1.29 is 14.2 Å². The summed E-state index contributed by atoms with van der Waals surface area (Å²) in [6.07, 6.45) is -0.241. The van der Waals surface area contributed by atoms with Gasteiger partial charge in [-0.15, -0.1) is 10.2 Å². The van der Waals surface area contributed by atoms with Gasteiger partial charge in [-0.05, 0) is 50.2 Å². The molecule has 0 spiro atoms. The van der Waals surface area contributed by atoms with E-state index in [2.05, 4.69) is 21.7 Å². The molecule has 1 aromatic heterocycles. The molecule has 0 aliphatic carbocycles. The lowest BCUT2D eigenvalue weighted by atomic mass is 10.3. The maximum Gasteiger partial charge on any atom is 0.191 e. The highest BCUT2D eigenvalue weighted by atomic mass is 35.5. The monoisotopic (exact) mass is 433 g/mol. The Bertz CT molecular complexity index is 918. The van der Waals surface area contributed by atoms with Crippen LogP contribution in [0.4, 0.5) is 0 Å². The highest BCUT2D eigenvalue weighted by Crippen LogP contribution is 2.27. The van der Waals surface area contributed by atoms with Gasteiger partial charge in [0.25, 0.3) is 0 Å². The normalized spacial score (nSPS) is 11.9. The van der Waals surface area contributed by atoms with Gasteiger partial charge in [-0.2, -0.15) is 0 Å². The van der Waals surface area contributed by atoms with E-state index in [9.17, 15) is 0 Å². The summed E-state index contributed by atoms with van der Waals surface area (Å²) in [5.41, 5.74) is 0. The highest BCUT2D eigenvalue weighted by molar-refractivity contribution is 7.99. The smallest absolute Gasteiger partial charge is 0.191 e. The minimum Gasteiger partial charge on any atom is -0.497 e. The summed E-state index contributed by atoms with van der Waals surface area (Å²) in [6, 6.07) is 14.9. The lowest BCUT2D eigenvalue weighted by Crippen LogP contribution is -2.12. The molecule has 2 aromatic carbocycles. The Morgan fingerprint density at radius 3 is 2.55 bits per heavy atom. The van der Waals surface area contributed by atoms with Crippen LogP contribution < -0.4 is 14.2 Å². The molecule has 0 radical (unpaired) electrons. The lowest BCUT2D eigenvalue weighted by molar-refractivity contribution is 0.209. The number of thioether (sulfide) groups is 1. The van der Waals surface area contributed by atoms with Gasteiger partial charge in [0.05, 0.1) is 13.7 Å². The predicted octanol–water partition coefficient (Wildman–Crippen LogP) is 5.27. The van der Waals surface area contributed by atoms with Crippen molar-refractivity contribution in [3.8, 4) is 17.2 Å². The number of hydrogen-bond donors (Lipinski definition) is 0. The second-order valence-electron chi connectivity index (χ2n) is 6.17. The molecule has 3 rings (SSSR count). The summed E-state index contributed by atoms with van der Waals surface area (Å²) in [7, 11) is 1.64. The molecule has 0 N–H and O–H groups in total. The van der Waals surface area contributed by atoms with Crippen molar-refractivity contribution in [3.63, 3.8) is 0 Å². The third kappa shape index (κ3) is 5.81. The maximum absolute atomic E-state index is 6.04. The fraction of sp³-hybridized carbons (Fsp3) is 0.333. The van der Waals surface area contributed by atoms with Gasteiger partial charge in [0.1, 0.15) is 17.2 Å². The number of benzene rings is 2. The summed E-state index contributed by atoms with van der Waals surface area (Å²) in [6.45, 7) is 5.36. The van der Waals surface area contributed by atoms with Crippen LogP contribution in [0.1, 0.15) is 25.8 Å². The number of aromatic nitrogens is 3. The molecule has 0 aliphatic heterocycles. The quantitative estimate of drug-likeness (QED) is 0.320. The Hall–Kier alpha value is -2.38. The summed E-state index contributed by atoms with van der Waals surface area (Å²) in [5, 5.41) is 10.2. The van der Waals surface area contributed by atoms with Gasteiger partial charge in [0.15, 0.2) is 17.1 Å². The first-order valence-electron chi connectivity index (χ1n) is 9.35. The van der Waals surface area contributed by atoms with Crippen LogP contribution in [0.2, 0.25) is 5.02 Å². The zero-order valence-corrected chi connectivity index (χ0v) is 18.2. The SMILES string of the molecule is CCn1c(SCCOc2ccc(Cl)cc2)nnc1C(C)Oc1cccc(OC)c1. The summed E-state index contributed by atoms with van der Waals surface area (Å²) < 4.78 is 19.1. The Morgan fingerprint density at radius 2 is 1.83 bits per heavy atom. The second kappa shape index (κ2) is 10.4. The summed E-state index contributed by atoms with van der Waals surface area (Å²) in [5.74, 6) is 3.83. The molecule has 0 saturated heterocycles. The van der Waals surface area contributed by atoms with E-state index in [1.165, 1.54) is 0 Å². The Morgan fingerprint density at radius 1 is 1.07 bits per heavy atom. The molecule has 0 amide bonds. The molecular formula is C21H24ClN3O3S. The number of ether oxygens (including phenoxy) is 3. The minimum absolute atomic E-state index is 0.241. The van der Waals surface area contributed by atoms with Crippen LogP contribution in [-0.4, -0.2) is 34.2 Å². The molecule has 3 aromatic rings. The van der Waals surface area contributed by atoms with E-state index in [4.69, 9.17) is 25.8 Å². The van der Waals surface area contributed by atoms with E-state index in [-0.39, 0.29) is 6.10 Å². The number of nitrogens with zero attached hydrogens (tertiary/aromatic N) is 3. The average Bonchev–Trinajstić information content (AvgIpc) is 3.15. The molecule has 0 fully saturated rings. The molecule has 1 heterocycles. The fourth-order valence-electron chi connectivity index (χ4n) is 2.76. The van der Waals surface area contributed by atoms with E-state index in [1.807, 2.05) is 55.5 Å². The van der Waals surface area contributed by atoms with Gasteiger partial charge in [-0.3, -0.25) is 0 Å². The van der Waals surface area contributed by atoms with E-state index >= 15 is 0 Å². The van der Waals surface area contributed by atoms with Gasteiger partial charge in [0.2, 0.25) is 0 Å². The zero-order valence-electron chi connectivity index (χ0n) is 16.7. The molecule has 0 bridgehead atoms. The van der Waals surface area contributed by atoms with Gasteiger partial charge in [-0.1, -0.05) is 29.4 Å². The van der Waals surface area contributed by atoms with Crippen molar-refractivity contribution in [1.29, 1.82) is 0 Å². The maximum atomic E-state index is 6.04. The number of rotatable bonds is 10. The Kier molecular flexibility index (Phi) is 7.66. The molecule has 6 nitrogen and oxygen atoms in total. The second-order valence-corrected chi connectivity index (χ2v) is 7.67. The van der Waals surface area contributed by atoms with E-state index in [0.717, 1.165) is 40.5 Å². The summed E-state index contributed by atoms with van der Waals surface area (Å²) >= 11 is 7.49. The Labute approximate surface area is 180 Å². The number of halogens is 1. The van der Waals surface area contributed by atoms with Crippen LogP contribution in [-0.2, 0) is 6.54 Å². The van der Waals surface area contributed by atoms with Gasteiger partial charge < -0.3 is 18.8 Å². The van der Waals surface area contributed by atoms with Crippen LogP contribution in [0.3, 0.4) is 0 Å². The van der Waals surface area contributed by atoms with E-state index < -0.39 is 0 Å². The van der Waals surface area contributed by atoms with Crippen LogP contribution in [0.5, 0.6) is 17.2 Å². The first-order chi connectivity index (χ1) is 14.1. The predicted molar refractivity (Wildman–Crippen MR) is 115 cm³/mol. The van der Waals surface area contributed by atoms with Crippen molar-refractivity contribution in [2.24, 2.45) is 0 Å². The highest BCUT2D eigenvalue weighted by Gasteiger charge is 2.19. The molecule has 1 unspecified atom stereocenters. The third-order valence-corrected chi connectivity index (χ3v) is 5.36. The molecular weight excluding hydrogens is 410 g/mol.